The van der Waals surface area contributed by atoms with Crippen LogP contribution in [0.15, 0.2) is 60.7 Å². The Labute approximate surface area is 199 Å². The highest BCUT2D eigenvalue weighted by Gasteiger charge is 2.27. The van der Waals surface area contributed by atoms with Crippen molar-refractivity contribution in [2.45, 2.75) is 32.6 Å². The summed E-state index contributed by atoms with van der Waals surface area (Å²) in [5, 5.41) is 1.86. The Morgan fingerprint density at radius 1 is 1.06 bits per heavy atom. The van der Waals surface area contributed by atoms with Gasteiger partial charge in [0.1, 0.15) is 0 Å². The predicted molar refractivity (Wildman–Crippen MR) is 135 cm³/mol. The Bertz CT molecular complexity index is 1360. The maximum absolute atomic E-state index is 13.4. The molecule has 5 heteroatoms. The summed E-state index contributed by atoms with van der Waals surface area (Å²) < 4.78 is 2.19. The van der Waals surface area contributed by atoms with Gasteiger partial charge in [-0.2, -0.15) is 0 Å². The van der Waals surface area contributed by atoms with Gasteiger partial charge in [-0.05, 0) is 74.7 Å². The van der Waals surface area contributed by atoms with E-state index in [2.05, 4.69) is 43.7 Å². The number of likely N-dealkylation sites (tertiary alicyclic amines) is 1. The number of amides is 1. The number of piperidine rings is 1. The molecule has 1 aliphatic heterocycles. The summed E-state index contributed by atoms with van der Waals surface area (Å²) in [7, 11) is 2.08. The van der Waals surface area contributed by atoms with E-state index >= 15 is 0 Å². The summed E-state index contributed by atoms with van der Waals surface area (Å²) in [6.07, 6.45) is 2.01. The molecule has 33 heavy (non-hydrogen) atoms. The molecule has 0 saturated carbocycles. The van der Waals surface area contributed by atoms with Crippen molar-refractivity contribution in [1.29, 1.82) is 0 Å². The summed E-state index contributed by atoms with van der Waals surface area (Å²) in [4.78, 5) is 20.4. The molecule has 4 nitrogen and oxygen atoms in total. The van der Waals surface area contributed by atoms with Crippen LogP contribution in [0, 0.1) is 13.8 Å². The van der Waals surface area contributed by atoms with Gasteiger partial charge in [-0.3, -0.25) is 9.78 Å². The van der Waals surface area contributed by atoms with Gasteiger partial charge in [0.25, 0.3) is 5.91 Å². The number of carbonyl (C=O) groups is 1. The van der Waals surface area contributed by atoms with Crippen LogP contribution in [0.1, 0.15) is 46.1 Å². The number of hydrogen-bond acceptors (Lipinski definition) is 2. The van der Waals surface area contributed by atoms with Crippen LogP contribution in [0.25, 0.3) is 22.2 Å². The number of aryl methyl sites for hydroxylation is 2. The van der Waals surface area contributed by atoms with Crippen molar-refractivity contribution in [1.82, 2.24) is 14.5 Å². The number of pyridine rings is 1. The van der Waals surface area contributed by atoms with Crippen LogP contribution >= 0.6 is 11.6 Å². The summed E-state index contributed by atoms with van der Waals surface area (Å²) in [6.45, 7) is 5.72. The van der Waals surface area contributed by atoms with Crippen LogP contribution in [-0.2, 0) is 7.05 Å². The number of fused-ring (bicyclic) bond motifs is 1. The van der Waals surface area contributed by atoms with Gasteiger partial charge in [0, 0.05) is 64.5 Å². The van der Waals surface area contributed by atoms with Gasteiger partial charge in [0.2, 0.25) is 0 Å². The zero-order valence-electron chi connectivity index (χ0n) is 19.3. The van der Waals surface area contributed by atoms with Gasteiger partial charge in [-0.15, -0.1) is 0 Å². The minimum absolute atomic E-state index is 0.105. The molecule has 2 aromatic carbocycles. The summed E-state index contributed by atoms with van der Waals surface area (Å²) >= 11 is 6.18. The Balaban J connectivity index is 1.39. The first kappa shape index (κ1) is 21.7. The Morgan fingerprint density at radius 3 is 2.70 bits per heavy atom. The average molecular weight is 458 g/mol. The lowest BCUT2D eigenvalue weighted by molar-refractivity contribution is 0.0706. The highest BCUT2D eigenvalue weighted by Crippen LogP contribution is 2.30. The molecule has 0 unspecified atom stereocenters. The summed E-state index contributed by atoms with van der Waals surface area (Å²) in [6, 6.07) is 20.0. The van der Waals surface area contributed by atoms with Crippen molar-refractivity contribution in [3.05, 3.63) is 88.2 Å². The van der Waals surface area contributed by atoms with Crippen molar-refractivity contribution in [3.63, 3.8) is 0 Å². The fourth-order valence-electron chi connectivity index (χ4n) is 4.96. The quantitative estimate of drug-likeness (QED) is 0.350. The van der Waals surface area contributed by atoms with E-state index in [1.54, 1.807) is 0 Å². The Morgan fingerprint density at radius 2 is 1.88 bits per heavy atom. The third kappa shape index (κ3) is 4.04. The van der Waals surface area contributed by atoms with Gasteiger partial charge < -0.3 is 9.47 Å². The van der Waals surface area contributed by atoms with E-state index in [1.165, 1.54) is 16.8 Å². The lowest BCUT2D eigenvalue weighted by Crippen LogP contribution is -2.39. The predicted octanol–water partition coefficient (Wildman–Crippen LogP) is 6.53. The van der Waals surface area contributed by atoms with E-state index in [1.807, 2.05) is 47.4 Å². The van der Waals surface area contributed by atoms with Crippen molar-refractivity contribution >= 4 is 28.4 Å². The molecule has 1 amide bonds. The molecular weight excluding hydrogens is 430 g/mol. The number of benzene rings is 2. The van der Waals surface area contributed by atoms with E-state index in [4.69, 9.17) is 16.6 Å². The lowest BCUT2D eigenvalue weighted by atomic mass is 9.93. The zero-order valence-corrected chi connectivity index (χ0v) is 20.1. The minimum atomic E-state index is 0.105. The van der Waals surface area contributed by atoms with E-state index in [9.17, 15) is 4.79 Å². The van der Waals surface area contributed by atoms with Crippen LogP contribution in [-0.4, -0.2) is 33.4 Å². The molecule has 1 saturated heterocycles. The molecule has 168 valence electrons. The number of aromatic nitrogens is 2. The minimum Gasteiger partial charge on any atom is -0.348 e. The summed E-state index contributed by atoms with van der Waals surface area (Å²) in [5.41, 5.74) is 7.36. The Kier molecular flexibility index (Phi) is 5.71. The third-order valence-corrected chi connectivity index (χ3v) is 7.31. The zero-order chi connectivity index (χ0) is 23.1. The van der Waals surface area contributed by atoms with Gasteiger partial charge in [0.15, 0.2) is 0 Å². The van der Waals surface area contributed by atoms with Crippen molar-refractivity contribution in [3.8, 4) is 11.3 Å². The van der Waals surface area contributed by atoms with Gasteiger partial charge >= 0.3 is 0 Å². The molecule has 3 heterocycles. The first-order chi connectivity index (χ1) is 15.9. The fraction of sp³-hybridized carbons (Fsp3) is 0.286. The van der Waals surface area contributed by atoms with E-state index in [0.29, 0.717) is 11.6 Å². The molecule has 2 aromatic heterocycles. The molecule has 0 spiro atoms. The van der Waals surface area contributed by atoms with Crippen molar-refractivity contribution < 1.29 is 4.79 Å². The Hall–Kier alpha value is -3.11. The van der Waals surface area contributed by atoms with Crippen LogP contribution < -0.4 is 0 Å². The average Bonchev–Trinajstić information content (AvgIpc) is 3.07. The topological polar surface area (TPSA) is 38.1 Å². The van der Waals surface area contributed by atoms with Crippen molar-refractivity contribution in [2.75, 3.05) is 13.1 Å². The molecule has 5 rings (SSSR count). The van der Waals surface area contributed by atoms with Gasteiger partial charge in [-0.1, -0.05) is 29.8 Å². The third-order valence-electron chi connectivity index (χ3n) is 7.07. The molecule has 1 atom stereocenters. The maximum atomic E-state index is 13.4. The van der Waals surface area contributed by atoms with Gasteiger partial charge in [0.05, 0.1) is 5.69 Å². The smallest absolute Gasteiger partial charge is 0.253 e. The molecule has 0 radical (unpaired) electrons. The molecule has 0 N–H and O–H groups in total. The maximum Gasteiger partial charge on any atom is 0.253 e. The highest BCUT2D eigenvalue weighted by molar-refractivity contribution is 6.30. The highest BCUT2D eigenvalue weighted by atomic mass is 35.5. The molecular formula is C28H28ClN3O. The van der Waals surface area contributed by atoms with Crippen LogP contribution in [0.4, 0.5) is 0 Å². The monoisotopic (exact) mass is 457 g/mol. The number of carbonyl (C=O) groups excluding carboxylic acids is 1. The normalized spacial score (nSPS) is 16.4. The second kappa shape index (κ2) is 8.68. The molecule has 1 aliphatic rings. The number of nitrogens with zero attached hydrogens (tertiary/aromatic N) is 3. The molecule has 0 bridgehead atoms. The van der Waals surface area contributed by atoms with Crippen LogP contribution in [0.3, 0.4) is 0 Å². The number of rotatable bonds is 3. The first-order valence-electron chi connectivity index (χ1n) is 11.5. The van der Waals surface area contributed by atoms with E-state index < -0.39 is 0 Å². The lowest BCUT2D eigenvalue weighted by Gasteiger charge is -2.32. The SMILES string of the molecule is Cc1c(C)n(C)c2ccc(C(=O)N3CCC[C@H](c4cccc(-c5cccc(Cl)c5)n4)C3)cc12. The van der Waals surface area contributed by atoms with E-state index in [-0.39, 0.29) is 11.8 Å². The second-order valence-electron chi connectivity index (χ2n) is 9.05. The summed E-state index contributed by atoms with van der Waals surface area (Å²) in [5.74, 6) is 0.333. The standard InChI is InChI=1S/C28H28ClN3O/c1-18-19(2)31(3)27-13-12-21(16-24(18)27)28(33)32-14-6-8-22(17-32)26-11-5-10-25(30-26)20-7-4-9-23(29)15-20/h4-5,7,9-13,15-16,22H,6,8,14,17H2,1-3H3/t22-/m0/s1. The van der Waals surface area contributed by atoms with Crippen LogP contribution in [0.5, 0.6) is 0 Å². The largest absolute Gasteiger partial charge is 0.348 e. The second-order valence-corrected chi connectivity index (χ2v) is 9.49. The number of halogens is 1. The molecule has 0 aliphatic carbocycles. The van der Waals surface area contributed by atoms with Crippen LogP contribution in [0.2, 0.25) is 5.02 Å². The fourth-order valence-corrected chi connectivity index (χ4v) is 5.15. The molecule has 4 aromatic rings. The first-order valence-corrected chi connectivity index (χ1v) is 11.9. The van der Waals surface area contributed by atoms with Gasteiger partial charge in [-0.25, -0.2) is 0 Å². The van der Waals surface area contributed by atoms with E-state index in [0.717, 1.165) is 47.3 Å². The molecule has 1 fully saturated rings. The number of hydrogen-bond donors (Lipinski definition) is 0. The van der Waals surface area contributed by atoms with Crippen molar-refractivity contribution in [2.24, 2.45) is 7.05 Å².